The van der Waals surface area contributed by atoms with Gasteiger partial charge in [-0.15, -0.1) is 11.3 Å². The molecular weight excluding hydrogens is 673 g/mol. The number of nitrogens with one attached hydrogen (secondary N) is 4. The lowest BCUT2D eigenvalue weighted by Gasteiger charge is -2.36. The summed E-state index contributed by atoms with van der Waals surface area (Å²) in [6.45, 7) is 12.8. The number of carbonyl (C=O) groups is 5. The molecule has 4 N–H and O–H groups in total. The van der Waals surface area contributed by atoms with Crippen molar-refractivity contribution in [2.45, 2.75) is 116 Å². The molecule has 14 nitrogen and oxygen atoms in total. The summed E-state index contributed by atoms with van der Waals surface area (Å²) in [6.07, 6.45) is 3.44. The van der Waals surface area contributed by atoms with Crippen LogP contribution in [0.3, 0.4) is 0 Å². The minimum absolute atomic E-state index is 0.00355. The Kier molecular flexibility index (Phi) is 11.3. The van der Waals surface area contributed by atoms with Crippen LogP contribution in [0.5, 0.6) is 5.88 Å². The molecular formula is C36H48N8O6S. The Morgan fingerprint density at radius 3 is 2.39 bits per heavy atom. The molecule has 1 aliphatic heterocycles. The lowest BCUT2D eigenvalue weighted by atomic mass is 9.85. The van der Waals surface area contributed by atoms with Gasteiger partial charge in [0.1, 0.15) is 28.6 Å². The monoisotopic (exact) mass is 720 g/mol. The summed E-state index contributed by atoms with van der Waals surface area (Å²) in [5.41, 5.74) is -0.0870. The Hall–Kier alpha value is -4.66. The van der Waals surface area contributed by atoms with Crippen molar-refractivity contribution in [1.29, 1.82) is 0 Å². The molecule has 0 bridgehead atoms. The number of thiophene rings is 1. The molecule has 2 fully saturated rings. The normalized spacial score (nSPS) is 18.8. The molecule has 1 aliphatic carbocycles. The van der Waals surface area contributed by atoms with Crippen LogP contribution in [0, 0.1) is 5.41 Å². The number of pyridine rings is 1. The van der Waals surface area contributed by atoms with E-state index in [2.05, 4.69) is 31.2 Å². The molecule has 2 unspecified atom stereocenters. The highest BCUT2D eigenvalue weighted by molar-refractivity contribution is 7.17. The average molecular weight is 721 g/mol. The lowest BCUT2D eigenvalue weighted by molar-refractivity contribution is -0.144. The van der Waals surface area contributed by atoms with Crippen LogP contribution >= 0.6 is 11.3 Å². The number of carbonyl (C=O) groups excluding carboxylic acids is 5. The van der Waals surface area contributed by atoms with Crippen molar-refractivity contribution in [1.82, 2.24) is 41.1 Å². The number of amides is 5. The first-order valence-electron chi connectivity index (χ1n) is 17.4. The molecule has 1 saturated carbocycles. The van der Waals surface area contributed by atoms with Crippen LogP contribution in [0.1, 0.15) is 80.6 Å². The molecule has 0 radical (unpaired) electrons. The first-order chi connectivity index (χ1) is 24.0. The fraction of sp³-hybridized carbons (Fsp3) is 0.556. The summed E-state index contributed by atoms with van der Waals surface area (Å²) in [4.78, 5) is 82.7. The molecule has 5 rings (SSSR count). The maximum Gasteiger partial charge on any atom is 0.315 e. The fourth-order valence-corrected chi connectivity index (χ4v) is 6.61. The summed E-state index contributed by atoms with van der Waals surface area (Å²) in [5, 5.41) is 13.0. The van der Waals surface area contributed by atoms with E-state index in [0.717, 1.165) is 12.8 Å². The van der Waals surface area contributed by atoms with Crippen LogP contribution in [0.4, 0.5) is 4.79 Å². The van der Waals surface area contributed by atoms with Crippen LogP contribution in [0.15, 0.2) is 35.8 Å². The lowest BCUT2D eigenvalue weighted by Crippen LogP contribution is -2.61. The van der Waals surface area contributed by atoms with E-state index in [-0.39, 0.29) is 25.4 Å². The number of likely N-dealkylation sites (tertiary alicyclic amines) is 1. The van der Waals surface area contributed by atoms with E-state index in [0.29, 0.717) is 34.0 Å². The van der Waals surface area contributed by atoms with Gasteiger partial charge in [0.05, 0.1) is 18.1 Å². The third-order valence-corrected chi connectivity index (χ3v) is 9.41. The average Bonchev–Trinajstić information content (AvgIpc) is 3.56. The predicted molar refractivity (Wildman–Crippen MR) is 193 cm³/mol. The third-order valence-electron chi connectivity index (χ3n) is 8.52. The zero-order valence-corrected chi connectivity index (χ0v) is 31.1. The summed E-state index contributed by atoms with van der Waals surface area (Å²) in [6, 6.07) is 3.57. The summed E-state index contributed by atoms with van der Waals surface area (Å²) in [7, 11) is 0. The molecule has 0 aromatic carbocycles. The second-order valence-electron chi connectivity index (χ2n) is 15.3. The number of hydrogen-bond acceptors (Lipinski definition) is 10. The summed E-state index contributed by atoms with van der Waals surface area (Å²) >= 11 is 1.40. The molecule has 3 aromatic rings. The van der Waals surface area contributed by atoms with Crippen LogP contribution < -0.4 is 26.0 Å². The number of aromatic nitrogens is 3. The second kappa shape index (κ2) is 15.3. The highest BCUT2D eigenvalue weighted by atomic mass is 32.1. The molecule has 1 saturated heterocycles. The van der Waals surface area contributed by atoms with Gasteiger partial charge in [-0.2, -0.15) is 4.98 Å². The summed E-state index contributed by atoms with van der Waals surface area (Å²) < 4.78 is 7.20. The third kappa shape index (κ3) is 9.57. The maximum atomic E-state index is 14.5. The number of ketones is 1. The molecule has 4 atom stereocenters. The smallest absolute Gasteiger partial charge is 0.315 e. The number of rotatable bonds is 12. The number of fused-ring (bicyclic) bond motifs is 1. The fourth-order valence-electron chi connectivity index (χ4n) is 5.85. The van der Waals surface area contributed by atoms with E-state index < -0.39 is 64.7 Å². The van der Waals surface area contributed by atoms with Crippen molar-refractivity contribution in [3.8, 4) is 17.4 Å². The number of hydrogen-bond donors (Lipinski definition) is 4. The quantitative estimate of drug-likeness (QED) is 0.203. The number of Topliss-reactive ketones (excluding diaryl/α,β-unsaturated/α-hetero) is 1. The topological polar surface area (TPSA) is 185 Å². The Labute approximate surface area is 301 Å². The Balaban J connectivity index is 1.45. The molecule has 51 heavy (non-hydrogen) atoms. The first kappa shape index (κ1) is 37.6. The zero-order valence-electron chi connectivity index (χ0n) is 30.2. The van der Waals surface area contributed by atoms with Crippen LogP contribution in [0.25, 0.3) is 21.7 Å². The van der Waals surface area contributed by atoms with Gasteiger partial charge in [-0.1, -0.05) is 40.2 Å². The van der Waals surface area contributed by atoms with Gasteiger partial charge in [0.2, 0.25) is 23.5 Å². The van der Waals surface area contributed by atoms with Crippen molar-refractivity contribution in [2.24, 2.45) is 5.41 Å². The largest absolute Gasteiger partial charge is 0.471 e. The maximum absolute atomic E-state index is 14.5. The number of ether oxygens (including phenoxy) is 1. The van der Waals surface area contributed by atoms with Crippen molar-refractivity contribution in [3.63, 3.8) is 0 Å². The van der Waals surface area contributed by atoms with E-state index in [1.165, 1.54) is 16.2 Å². The first-order valence-corrected chi connectivity index (χ1v) is 18.3. The number of urea groups is 1. The van der Waals surface area contributed by atoms with Gasteiger partial charge in [0.25, 0.3) is 5.91 Å². The van der Waals surface area contributed by atoms with E-state index in [1.807, 2.05) is 66.0 Å². The molecule has 4 heterocycles. The molecule has 274 valence electrons. The van der Waals surface area contributed by atoms with Gasteiger partial charge >= 0.3 is 6.03 Å². The van der Waals surface area contributed by atoms with Crippen molar-refractivity contribution in [3.05, 3.63) is 35.8 Å². The predicted octanol–water partition coefficient (Wildman–Crippen LogP) is 3.75. The van der Waals surface area contributed by atoms with Crippen molar-refractivity contribution in [2.75, 3.05) is 6.54 Å². The molecule has 0 spiro atoms. The van der Waals surface area contributed by atoms with Gasteiger partial charge in [-0.05, 0) is 69.0 Å². The molecule has 3 aromatic heterocycles. The minimum Gasteiger partial charge on any atom is -0.471 e. The molecule has 15 heteroatoms. The zero-order chi connectivity index (χ0) is 37.1. The van der Waals surface area contributed by atoms with Crippen molar-refractivity contribution >= 4 is 51.1 Å². The van der Waals surface area contributed by atoms with Crippen molar-refractivity contribution < 1.29 is 28.7 Å². The van der Waals surface area contributed by atoms with Crippen LogP contribution in [-0.4, -0.2) is 91.7 Å². The number of nitrogens with zero attached hydrogens (tertiary/aromatic N) is 4. The SMILES string of the molecule is CCCC(NC(=O)[C@@H]1C[C@@H](Oc2nc(-c3ccccn3)nc3ccsc23)CN1C(=O)C(NC(=O)NC(C)(C)C)C(C)(C)C)C(=O)C(=O)NC1CC1. The van der Waals surface area contributed by atoms with Gasteiger partial charge in [0, 0.05) is 24.2 Å². The Morgan fingerprint density at radius 2 is 1.76 bits per heavy atom. The second-order valence-corrected chi connectivity index (χ2v) is 16.2. The highest BCUT2D eigenvalue weighted by Crippen LogP contribution is 2.34. The Bertz CT molecular complexity index is 1760. The minimum atomic E-state index is -1.07. The van der Waals surface area contributed by atoms with E-state index in [9.17, 15) is 24.0 Å². The van der Waals surface area contributed by atoms with Gasteiger partial charge in [-0.3, -0.25) is 24.2 Å². The van der Waals surface area contributed by atoms with E-state index in [1.54, 1.807) is 18.3 Å². The van der Waals surface area contributed by atoms with Crippen LogP contribution in [-0.2, 0) is 19.2 Å². The highest BCUT2D eigenvalue weighted by Gasteiger charge is 2.47. The van der Waals surface area contributed by atoms with Gasteiger partial charge in [0.15, 0.2) is 5.82 Å². The van der Waals surface area contributed by atoms with Gasteiger partial charge in [-0.25, -0.2) is 9.78 Å². The Morgan fingerprint density at radius 1 is 1.02 bits per heavy atom. The standard InChI is InChI=1S/C36H48N8O6S/c1-8-11-22(26(45)31(47)38-20-13-14-20)40-30(46)25-18-21(19-44(25)33(48)28(35(2,3)4)41-34(49)43-36(5,6)7)50-32-27-23(15-17-51-27)39-29(42-32)24-12-9-10-16-37-24/h9-10,12,15-17,20-22,25,28H,8,11,13-14,18-19H2,1-7H3,(H,38,47)(H,40,46)(H2,41,43,49)/t21-,22?,25+,28?/m1/s1. The van der Waals surface area contributed by atoms with E-state index >= 15 is 0 Å². The molecule has 5 amide bonds. The van der Waals surface area contributed by atoms with Gasteiger partial charge < -0.3 is 30.9 Å². The summed E-state index contributed by atoms with van der Waals surface area (Å²) in [5.74, 6) is -1.88. The molecule has 2 aliphatic rings. The van der Waals surface area contributed by atoms with Crippen LogP contribution in [0.2, 0.25) is 0 Å². The van der Waals surface area contributed by atoms with E-state index in [4.69, 9.17) is 9.72 Å².